The minimum absolute atomic E-state index is 0.0955. The predicted molar refractivity (Wildman–Crippen MR) is 106 cm³/mol. The first-order valence-corrected chi connectivity index (χ1v) is 11.2. The highest BCUT2D eigenvalue weighted by molar-refractivity contribution is 7.89. The summed E-state index contributed by atoms with van der Waals surface area (Å²) in [5.41, 5.74) is 0.869. The Kier molecular flexibility index (Phi) is 5.13. The molecule has 0 aromatic carbocycles. The van der Waals surface area contributed by atoms with Gasteiger partial charge in [0.2, 0.25) is 0 Å². The molecule has 4 heterocycles. The van der Waals surface area contributed by atoms with Crippen LogP contribution in [0.25, 0.3) is 0 Å². The minimum Gasteiger partial charge on any atom is -0.339 e. The second-order valence-corrected chi connectivity index (χ2v) is 9.91. The molecule has 1 saturated heterocycles. The molecule has 0 saturated carbocycles. The summed E-state index contributed by atoms with van der Waals surface area (Å²) in [5, 5.41) is 4.05. The van der Waals surface area contributed by atoms with Crippen molar-refractivity contribution in [2.24, 2.45) is 7.05 Å². The monoisotopic (exact) mass is 419 g/mol. The summed E-state index contributed by atoms with van der Waals surface area (Å²) in [5.74, 6) is 0.817. The Labute approximate surface area is 167 Å². The molecule has 0 radical (unpaired) electrons. The Balaban J connectivity index is 1.43. The van der Waals surface area contributed by atoms with E-state index in [1.165, 1.54) is 16.8 Å². The molecule has 3 aromatic heterocycles. The number of hydrogen-bond acceptors (Lipinski definition) is 8. The van der Waals surface area contributed by atoms with E-state index in [-0.39, 0.29) is 10.9 Å². The number of rotatable bonds is 5. The van der Waals surface area contributed by atoms with Gasteiger partial charge in [0.05, 0.1) is 18.2 Å². The Morgan fingerprint density at radius 1 is 1.18 bits per heavy atom. The van der Waals surface area contributed by atoms with Crippen LogP contribution in [0, 0.1) is 6.92 Å². The molecule has 1 fully saturated rings. The molecule has 0 unspecified atom stereocenters. The lowest BCUT2D eigenvalue weighted by molar-refractivity contribution is 0.315. The fourth-order valence-electron chi connectivity index (χ4n) is 3.21. The van der Waals surface area contributed by atoms with Crippen LogP contribution in [-0.4, -0.2) is 50.3 Å². The number of aromatic nitrogens is 5. The van der Waals surface area contributed by atoms with E-state index in [0.29, 0.717) is 31.7 Å². The van der Waals surface area contributed by atoms with Gasteiger partial charge in [0.25, 0.3) is 10.0 Å². The summed E-state index contributed by atoms with van der Waals surface area (Å²) in [6.45, 7) is 2.88. The fraction of sp³-hybridized carbons (Fsp3) is 0.412. The molecule has 0 aliphatic carbocycles. The van der Waals surface area contributed by atoms with Gasteiger partial charge in [-0.2, -0.15) is 4.31 Å². The number of piperidine rings is 1. The van der Waals surface area contributed by atoms with Crippen molar-refractivity contribution in [1.82, 2.24) is 28.8 Å². The highest BCUT2D eigenvalue weighted by Gasteiger charge is 2.32. The molecule has 4 rings (SSSR count). The number of aryl methyl sites for hydroxylation is 2. The van der Waals surface area contributed by atoms with Crippen molar-refractivity contribution in [2.75, 3.05) is 18.4 Å². The highest BCUT2D eigenvalue weighted by atomic mass is 32.2. The molecule has 1 aliphatic rings. The van der Waals surface area contributed by atoms with E-state index < -0.39 is 10.0 Å². The van der Waals surface area contributed by atoms with Crippen LogP contribution >= 0.6 is 11.3 Å². The van der Waals surface area contributed by atoms with Gasteiger partial charge in [-0.15, -0.1) is 11.3 Å². The molecule has 28 heavy (non-hydrogen) atoms. The van der Waals surface area contributed by atoms with Gasteiger partial charge in [0.1, 0.15) is 0 Å². The van der Waals surface area contributed by atoms with Gasteiger partial charge in [0.15, 0.2) is 16.0 Å². The second kappa shape index (κ2) is 7.57. The van der Waals surface area contributed by atoms with Crippen molar-refractivity contribution in [3.8, 4) is 0 Å². The number of nitrogens with one attached hydrogen (secondary N) is 1. The van der Waals surface area contributed by atoms with Gasteiger partial charge in [0, 0.05) is 49.5 Å². The van der Waals surface area contributed by atoms with Crippen LogP contribution in [0.15, 0.2) is 36.1 Å². The number of sulfonamides is 1. The molecular weight excluding hydrogens is 398 g/mol. The maximum Gasteiger partial charge on any atom is 0.262 e. The van der Waals surface area contributed by atoms with Crippen LogP contribution in [0.4, 0.5) is 10.9 Å². The third-order valence-corrected chi connectivity index (χ3v) is 7.28. The van der Waals surface area contributed by atoms with E-state index in [1.807, 2.05) is 13.1 Å². The second-order valence-electron chi connectivity index (χ2n) is 6.79. The summed E-state index contributed by atoms with van der Waals surface area (Å²) in [7, 11) is -1.79. The van der Waals surface area contributed by atoms with Gasteiger partial charge in [-0.1, -0.05) is 0 Å². The first-order chi connectivity index (χ1) is 13.4. The molecule has 0 bridgehead atoms. The lowest BCUT2D eigenvalue weighted by Gasteiger charge is -2.30. The van der Waals surface area contributed by atoms with Crippen molar-refractivity contribution in [2.45, 2.75) is 30.7 Å². The minimum atomic E-state index is -3.55. The zero-order valence-corrected chi connectivity index (χ0v) is 17.2. The molecule has 1 N–H and O–H groups in total. The van der Waals surface area contributed by atoms with Gasteiger partial charge < -0.3 is 9.88 Å². The number of hydrogen-bond donors (Lipinski definition) is 1. The molecule has 1 aliphatic heterocycles. The zero-order chi connectivity index (χ0) is 19.7. The summed E-state index contributed by atoms with van der Waals surface area (Å²) < 4.78 is 28.6. The maximum atomic E-state index is 12.7. The van der Waals surface area contributed by atoms with Gasteiger partial charge >= 0.3 is 0 Å². The van der Waals surface area contributed by atoms with Crippen molar-refractivity contribution in [3.05, 3.63) is 41.7 Å². The lowest BCUT2D eigenvalue weighted by atomic mass is 9.95. The normalized spacial score (nSPS) is 16.4. The van der Waals surface area contributed by atoms with Crippen LogP contribution in [0.2, 0.25) is 0 Å². The van der Waals surface area contributed by atoms with E-state index in [4.69, 9.17) is 0 Å². The quantitative estimate of drug-likeness (QED) is 0.676. The summed E-state index contributed by atoms with van der Waals surface area (Å²) in [4.78, 5) is 18.3. The number of thiazole rings is 1. The molecule has 3 aromatic rings. The molecule has 0 spiro atoms. The SMILES string of the molecule is Cc1cnc(Nc2cncc(C3CCN(S(=O)(=O)c4cn(C)cn4)CC3)n2)s1. The van der Waals surface area contributed by atoms with Crippen molar-refractivity contribution in [1.29, 1.82) is 0 Å². The Hall–Kier alpha value is -2.37. The van der Waals surface area contributed by atoms with E-state index >= 15 is 0 Å². The number of imidazole rings is 1. The van der Waals surface area contributed by atoms with Crippen LogP contribution in [0.5, 0.6) is 0 Å². The van der Waals surface area contributed by atoms with Gasteiger partial charge in [-0.05, 0) is 19.8 Å². The van der Waals surface area contributed by atoms with Crippen LogP contribution < -0.4 is 5.32 Å². The summed E-state index contributed by atoms with van der Waals surface area (Å²) in [6, 6.07) is 0. The first-order valence-electron chi connectivity index (χ1n) is 8.91. The average molecular weight is 420 g/mol. The Bertz CT molecular complexity index is 1070. The van der Waals surface area contributed by atoms with Crippen molar-refractivity contribution >= 4 is 32.3 Å². The first kappa shape index (κ1) is 19.0. The van der Waals surface area contributed by atoms with E-state index in [2.05, 4.69) is 25.3 Å². The smallest absolute Gasteiger partial charge is 0.262 e. The third kappa shape index (κ3) is 3.91. The molecule has 11 heteroatoms. The summed E-state index contributed by atoms with van der Waals surface area (Å²) in [6.07, 6.45) is 9.65. The topological polar surface area (TPSA) is 106 Å². The zero-order valence-electron chi connectivity index (χ0n) is 15.6. The van der Waals surface area contributed by atoms with E-state index in [1.54, 1.807) is 35.3 Å². The van der Waals surface area contributed by atoms with Gasteiger partial charge in [-0.25, -0.2) is 23.4 Å². The molecular formula is C17H21N7O2S2. The average Bonchev–Trinajstić information content (AvgIpc) is 3.31. The van der Waals surface area contributed by atoms with Crippen LogP contribution in [0.1, 0.15) is 29.3 Å². The van der Waals surface area contributed by atoms with Crippen molar-refractivity contribution < 1.29 is 8.42 Å². The lowest BCUT2D eigenvalue weighted by Crippen LogP contribution is -2.38. The largest absolute Gasteiger partial charge is 0.339 e. The number of anilines is 2. The number of nitrogens with zero attached hydrogens (tertiary/aromatic N) is 6. The van der Waals surface area contributed by atoms with Crippen LogP contribution in [0.3, 0.4) is 0 Å². The highest BCUT2D eigenvalue weighted by Crippen LogP contribution is 2.30. The molecule has 148 valence electrons. The standard InChI is InChI=1S/C17H21N7O2S2/c1-12-7-19-17(27-12)22-15-9-18-8-14(21-15)13-3-5-24(6-4-13)28(25,26)16-10-23(2)11-20-16/h7-11,13H,3-6H2,1-2H3,(H,19,21,22). The van der Waals surface area contributed by atoms with Gasteiger partial charge in [-0.3, -0.25) is 4.98 Å². The molecule has 0 atom stereocenters. The fourth-order valence-corrected chi connectivity index (χ4v) is 5.31. The third-order valence-electron chi connectivity index (χ3n) is 4.67. The molecule has 0 amide bonds. The predicted octanol–water partition coefficient (Wildman–Crippen LogP) is 2.29. The van der Waals surface area contributed by atoms with E-state index in [0.717, 1.165) is 15.7 Å². The van der Waals surface area contributed by atoms with Crippen LogP contribution in [-0.2, 0) is 17.1 Å². The van der Waals surface area contributed by atoms with Crippen molar-refractivity contribution in [3.63, 3.8) is 0 Å². The Morgan fingerprint density at radius 3 is 2.61 bits per heavy atom. The molecule has 9 nitrogen and oxygen atoms in total. The Morgan fingerprint density at radius 2 is 1.96 bits per heavy atom. The van der Waals surface area contributed by atoms with E-state index in [9.17, 15) is 8.42 Å². The maximum absolute atomic E-state index is 12.7. The summed E-state index contributed by atoms with van der Waals surface area (Å²) >= 11 is 1.56.